The van der Waals surface area contributed by atoms with Gasteiger partial charge in [0.2, 0.25) is 11.8 Å². The van der Waals surface area contributed by atoms with Crippen LogP contribution in [-0.4, -0.2) is 29.4 Å². The van der Waals surface area contributed by atoms with Gasteiger partial charge in [-0.05, 0) is 25.1 Å². The Morgan fingerprint density at radius 3 is 3.11 bits per heavy atom. The summed E-state index contributed by atoms with van der Waals surface area (Å²) in [7, 11) is 1.75. The zero-order valence-electron chi connectivity index (χ0n) is 10.6. The highest BCUT2D eigenvalue weighted by molar-refractivity contribution is 5.83. The monoisotopic (exact) mass is 261 g/mol. The lowest BCUT2D eigenvalue weighted by Crippen LogP contribution is -2.38. The molecule has 0 saturated heterocycles. The van der Waals surface area contributed by atoms with E-state index in [4.69, 9.17) is 8.83 Å². The molecule has 1 aliphatic rings. The van der Waals surface area contributed by atoms with Gasteiger partial charge < -0.3 is 19.1 Å². The number of amides is 1. The second-order valence-corrected chi connectivity index (χ2v) is 4.47. The molecule has 0 fully saturated rings. The van der Waals surface area contributed by atoms with E-state index in [1.165, 1.54) is 6.26 Å². The number of likely N-dealkylation sites (N-methyl/N-ethyl adjacent to an activating group) is 1. The molecule has 1 aliphatic heterocycles. The van der Waals surface area contributed by atoms with Gasteiger partial charge in [0.15, 0.2) is 0 Å². The van der Waals surface area contributed by atoms with Crippen LogP contribution in [-0.2, 0) is 17.8 Å². The van der Waals surface area contributed by atoms with E-state index in [-0.39, 0.29) is 5.91 Å². The Hall–Kier alpha value is -2.08. The molecule has 6 heteroatoms. The van der Waals surface area contributed by atoms with Gasteiger partial charge in [-0.25, -0.2) is 4.98 Å². The molecule has 19 heavy (non-hydrogen) atoms. The lowest BCUT2D eigenvalue weighted by Gasteiger charge is -2.22. The maximum Gasteiger partial charge on any atom is 0.248 e. The highest BCUT2D eigenvalue weighted by atomic mass is 16.3. The minimum atomic E-state index is -0.442. The van der Waals surface area contributed by atoms with E-state index >= 15 is 0 Å². The first-order valence-electron chi connectivity index (χ1n) is 6.20. The Morgan fingerprint density at radius 2 is 2.37 bits per heavy atom. The van der Waals surface area contributed by atoms with Gasteiger partial charge in [0, 0.05) is 6.54 Å². The van der Waals surface area contributed by atoms with Crippen molar-refractivity contribution in [1.82, 2.24) is 15.2 Å². The van der Waals surface area contributed by atoms with Gasteiger partial charge in [0.25, 0.3) is 0 Å². The number of nitrogens with one attached hydrogen (secondary N) is 1. The Labute approximate surface area is 110 Å². The van der Waals surface area contributed by atoms with Crippen molar-refractivity contribution in [3.8, 4) is 0 Å². The molecule has 2 aromatic heterocycles. The molecule has 0 bridgehead atoms. The van der Waals surface area contributed by atoms with Gasteiger partial charge in [0.1, 0.15) is 18.1 Å². The topological polar surface area (TPSA) is 71.5 Å². The number of hydrogen-bond donors (Lipinski definition) is 1. The average molecular weight is 261 g/mol. The Morgan fingerprint density at radius 1 is 1.47 bits per heavy atom. The number of furan rings is 1. The number of aromatic nitrogens is 1. The fourth-order valence-corrected chi connectivity index (χ4v) is 2.37. The van der Waals surface area contributed by atoms with Crippen molar-refractivity contribution in [2.45, 2.75) is 19.0 Å². The Kier molecular flexibility index (Phi) is 3.08. The van der Waals surface area contributed by atoms with Crippen LogP contribution in [0.3, 0.4) is 0 Å². The van der Waals surface area contributed by atoms with Crippen molar-refractivity contribution < 1.29 is 13.6 Å². The summed E-state index contributed by atoms with van der Waals surface area (Å²) < 4.78 is 10.6. The lowest BCUT2D eigenvalue weighted by atomic mass is 10.1. The molecule has 1 N–H and O–H groups in total. The third-order valence-corrected chi connectivity index (χ3v) is 3.35. The molecule has 0 spiro atoms. The van der Waals surface area contributed by atoms with Crippen LogP contribution in [0.4, 0.5) is 0 Å². The molecule has 1 unspecified atom stereocenters. The van der Waals surface area contributed by atoms with Gasteiger partial charge in [0.05, 0.1) is 19.0 Å². The fraction of sp³-hybridized carbons (Fsp3) is 0.385. The molecular weight excluding hydrogens is 246 g/mol. The molecule has 1 atom stereocenters. The van der Waals surface area contributed by atoms with Crippen molar-refractivity contribution in [2.24, 2.45) is 0 Å². The number of carbonyl (C=O) groups is 1. The summed E-state index contributed by atoms with van der Waals surface area (Å²) in [6.07, 6.45) is 5.50. The van der Waals surface area contributed by atoms with E-state index in [1.54, 1.807) is 24.4 Å². The summed E-state index contributed by atoms with van der Waals surface area (Å²) >= 11 is 0. The van der Waals surface area contributed by atoms with Crippen LogP contribution < -0.4 is 5.32 Å². The van der Waals surface area contributed by atoms with Gasteiger partial charge in [-0.1, -0.05) is 0 Å². The molecule has 0 aliphatic carbocycles. The Bertz CT molecular complexity index is 561. The van der Waals surface area contributed by atoms with E-state index < -0.39 is 6.04 Å². The number of carbonyl (C=O) groups excluding carboxylic acids is 1. The van der Waals surface area contributed by atoms with Crippen molar-refractivity contribution in [2.75, 3.05) is 13.6 Å². The summed E-state index contributed by atoms with van der Waals surface area (Å²) in [6, 6.07) is 1.48. The number of hydrogen-bond acceptors (Lipinski definition) is 5. The van der Waals surface area contributed by atoms with Crippen LogP contribution in [0.1, 0.15) is 23.3 Å². The summed E-state index contributed by atoms with van der Waals surface area (Å²) in [6.45, 7) is 1.01. The van der Waals surface area contributed by atoms with Crippen LogP contribution >= 0.6 is 0 Å². The third-order valence-electron chi connectivity index (χ3n) is 3.35. The van der Waals surface area contributed by atoms with Crippen LogP contribution in [0.25, 0.3) is 0 Å². The number of rotatable bonds is 3. The lowest BCUT2D eigenvalue weighted by molar-refractivity contribution is -0.134. The minimum absolute atomic E-state index is 0.0191. The summed E-state index contributed by atoms with van der Waals surface area (Å²) in [5, 5.41) is 3.01. The van der Waals surface area contributed by atoms with Gasteiger partial charge >= 0.3 is 0 Å². The predicted molar refractivity (Wildman–Crippen MR) is 66.1 cm³/mol. The maximum absolute atomic E-state index is 12.5. The molecule has 1 amide bonds. The molecule has 0 saturated carbocycles. The standard InChI is InChI=1S/C13H15N3O3/c1-14-11-12-9(3-6-19-12)2-5-16(13(11)17)8-10-15-4-7-18-10/h3-4,6-7,11,14H,2,5,8H2,1H3. The van der Waals surface area contributed by atoms with Crippen LogP contribution in [0.15, 0.2) is 33.6 Å². The van der Waals surface area contributed by atoms with Gasteiger partial charge in [-0.15, -0.1) is 0 Å². The normalized spacial score (nSPS) is 19.3. The zero-order valence-corrected chi connectivity index (χ0v) is 10.6. The average Bonchev–Trinajstić information content (AvgIpc) is 3.04. The molecule has 2 aromatic rings. The molecule has 100 valence electrons. The van der Waals surface area contributed by atoms with E-state index in [2.05, 4.69) is 10.3 Å². The van der Waals surface area contributed by atoms with Crippen molar-refractivity contribution in [3.05, 3.63) is 42.0 Å². The first-order valence-corrected chi connectivity index (χ1v) is 6.20. The quantitative estimate of drug-likeness (QED) is 0.896. The molecule has 6 nitrogen and oxygen atoms in total. The summed E-state index contributed by atoms with van der Waals surface area (Å²) in [5.41, 5.74) is 1.07. The highest BCUT2D eigenvalue weighted by Gasteiger charge is 2.32. The van der Waals surface area contributed by atoms with E-state index in [0.29, 0.717) is 24.7 Å². The van der Waals surface area contributed by atoms with Gasteiger partial charge in [-0.2, -0.15) is 0 Å². The molecule has 3 heterocycles. The Balaban J connectivity index is 1.85. The molecule has 0 aromatic carbocycles. The largest absolute Gasteiger partial charge is 0.467 e. The van der Waals surface area contributed by atoms with E-state index in [0.717, 1.165) is 12.0 Å². The van der Waals surface area contributed by atoms with Crippen LogP contribution in [0, 0.1) is 0 Å². The SMILES string of the molecule is CNC1C(=O)N(Cc2ncco2)CCc2ccoc21. The van der Waals surface area contributed by atoms with Crippen molar-refractivity contribution in [1.29, 1.82) is 0 Å². The second kappa shape index (κ2) is 4.89. The first kappa shape index (κ1) is 12.0. The fourth-order valence-electron chi connectivity index (χ4n) is 2.37. The minimum Gasteiger partial charge on any atom is -0.467 e. The van der Waals surface area contributed by atoms with Crippen molar-refractivity contribution >= 4 is 5.91 Å². The molecular formula is C13H15N3O3. The van der Waals surface area contributed by atoms with E-state index in [9.17, 15) is 4.79 Å². The molecule has 3 rings (SSSR count). The highest BCUT2D eigenvalue weighted by Crippen LogP contribution is 2.26. The maximum atomic E-state index is 12.5. The van der Waals surface area contributed by atoms with Crippen LogP contribution in [0.2, 0.25) is 0 Å². The summed E-state index contributed by atoms with van der Waals surface area (Å²) in [5.74, 6) is 1.23. The van der Waals surface area contributed by atoms with Gasteiger partial charge in [-0.3, -0.25) is 4.79 Å². The number of nitrogens with zero attached hydrogens (tertiary/aromatic N) is 2. The predicted octanol–water partition coefficient (Wildman–Crippen LogP) is 1.11. The number of fused-ring (bicyclic) bond motifs is 1. The third kappa shape index (κ3) is 2.15. The smallest absolute Gasteiger partial charge is 0.248 e. The second-order valence-electron chi connectivity index (χ2n) is 4.47. The zero-order chi connectivity index (χ0) is 13.2. The number of oxazole rings is 1. The summed E-state index contributed by atoms with van der Waals surface area (Å²) in [4.78, 5) is 18.3. The van der Waals surface area contributed by atoms with E-state index in [1.807, 2.05) is 6.07 Å². The first-order chi connectivity index (χ1) is 9.29. The van der Waals surface area contributed by atoms with Crippen molar-refractivity contribution in [3.63, 3.8) is 0 Å². The van der Waals surface area contributed by atoms with Crippen LogP contribution in [0.5, 0.6) is 0 Å². The molecule has 0 radical (unpaired) electrons.